The Morgan fingerprint density at radius 3 is 2.68 bits per heavy atom. The summed E-state index contributed by atoms with van der Waals surface area (Å²) in [6, 6.07) is 5.29. The van der Waals surface area contributed by atoms with Gasteiger partial charge in [0.25, 0.3) is 0 Å². The second kappa shape index (κ2) is 5.70. The minimum atomic E-state index is -0.654. The number of hydrogen-bond acceptors (Lipinski definition) is 4. The average Bonchev–Trinajstić information content (AvgIpc) is 3.01. The maximum atomic E-state index is 13.7. The lowest BCUT2D eigenvalue weighted by Gasteiger charge is -2.00. The highest BCUT2D eigenvalue weighted by molar-refractivity contribution is 5.81. The number of benzene rings is 1. The van der Waals surface area contributed by atoms with Gasteiger partial charge in [0, 0.05) is 23.7 Å². The van der Waals surface area contributed by atoms with E-state index in [4.69, 9.17) is 0 Å². The molecule has 0 N–H and O–H groups in total. The van der Waals surface area contributed by atoms with Gasteiger partial charge in [0.1, 0.15) is 11.6 Å². The van der Waals surface area contributed by atoms with Crippen molar-refractivity contribution >= 4 is 28.7 Å². The van der Waals surface area contributed by atoms with Gasteiger partial charge in [0.2, 0.25) is 0 Å². The van der Waals surface area contributed by atoms with Gasteiger partial charge < -0.3 is 0 Å². The molecule has 0 fully saturated rings. The fourth-order valence-electron chi connectivity index (χ4n) is 2.61. The van der Waals surface area contributed by atoms with Crippen molar-refractivity contribution in [3.8, 4) is 0 Å². The Bertz CT molecular complexity index is 1110. The third-order valence-corrected chi connectivity index (χ3v) is 3.87. The Hall–Kier alpha value is -3.22. The number of fused-ring (bicyclic) bond motifs is 2. The molecule has 5 nitrogen and oxygen atoms in total. The molecule has 4 rings (SSSR count). The average molecular weight is 337 g/mol. The predicted molar refractivity (Wildman–Crippen MR) is 90.8 cm³/mol. The van der Waals surface area contributed by atoms with Gasteiger partial charge in [-0.2, -0.15) is 0 Å². The van der Waals surface area contributed by atoms with Crippen molar-refractivity contribution in [2.75, 3.05) is 0 Å². The van der Waals surface area contributed by atoms with E-state index < -0.39 is 11.6 Å². The first-order valence-corrected chi connectivity index (χ1v) is 7.64. The van der Waals surface area contributed by atoms with Crippen molar-refractivity contribution in [3.05, 3.63) is 65.0 Å². The van der Waals surface area contributed by atoms with Crippen molar-refractivity contribution in [2.45, 2.75) is 13.8 Å². The van der Waals surface area contributed by atoms with E-state index in [0.717, 1.165) is 17.5 Å². The zero-order valence-electron chi connectivity index (χ0n) is 13.5. The van der Waals surface area contributed by atoms with Gasteiger partial charge in [-0.1, -0.05) is 0 Å². The lowest BCUT2D eigenvalue weighted by molar-refractivity contribution is 0.591. The van der Waals surface area contributed by atoms with E-state index in [-0.39, 0.29) is 10.9 Å². The standard InChI is InChI=1S/C18H13F2N5/c1-10-9-21-11(2)18-23-17(24-25(10)18)6-4-13-3-5-14-15(20)7-12(19)8-16(14)22-13/h3-9H,1-2H3. The molecule has 1 aromatic carbocycles. The SMILES string of the molecule is Cc1ncc(C)n2nc(C=Cc3ccc4c(F)cc(F)cc4n3)nc12. The van der Waals surface area contributed by atoms with Crippen LogP contribution in [0.1, 0.15) is 22.9 Å². The fraction of sp³-hybridized carbons (Fsp3) is 0.111. The van der Waals surface area contributed by atoms with Gasteiger partial charge in [0.05, 0.1) is 22.6 Å². The van der Waals surface area contributed by atoms with Gasteiger partial charge >= 0.3 is 0 Å². The first-order valence-electron chi connectivity index (χ1n) is 7.64. The molecule has 0 radical (unpaired) electrons. The summed E-state index contributed by atoms with van der Waals surface area (Å²) in [5.41, 5.74) is 3.17. The monoisotopic (exact) mass is 337 g/mol. The van der Waals surface area contributed by atoms with Crippen LogP contribution < -0.4 is 0 Å². The molecule has 0 saturated heterocycles. The van der Waals surface area contributed by atoms with Crippen LogP contribution in [0.3, 0.4) is 0 Å². The summed E-state index contributed by atoms with van der Waals surface area (Å²) in [7, 11) is 0. The maximum Gasteiger partial charge on any atom is 0.177 e. The van der Waals surface area contributed by atoms with Crippen LogP contribution in [0.5, 0.6) is 0 Å². The number of hydrogen-bond donors (Lipinski definition) is 0. The van der Waals surface area contributed by atoms with Crippen molar-refractivity contribution in [3.63, 3.8) is 0 Å². The van der Waals surface area contributed by atoms with Crippen molar-refractivity contribution in [1.82, 2.24) is 24.6 Å². The molecule has 7 heteroatoms. The van der Waals surface area contributed by atoms with E-state index in [1.807, 2.05) is 13.8 Å². The minimum absolute atomic E-state index is 0.262. The summed E-state index contributed by atoms with van der Waals surface area (Å²) < 4.78 is 28.8. The van der Waals surface area contributed by atoms with Crippen LogP contribution in [0.15, 0.2) is 30.5 Å². The van der Waals surface area contributed by atoms with Crippen LogP contribution in [0.4, 0.5) is 8.78 Å². The highest BCUT2D eigenvalue weighted by Gasteiger charge is 2.08. The zero-order chi connectivity index (χ0) is 17.6. The quantitative estimate of drug-likeness (QED) is 0.559. The van der Waals surface area contributed by atoms with E-state index in [0.29, 0.717) is 17.2 Å². The Kier molecular flexibility index (Phi) is 3.49. The fourth-order valence-corrected chi connectivity index (χ4v) is 2.61. The molecular formula is C18H13F2N5. The van der Waals surface area contributed by atoms with Gasteiger partial charge in [-0.25, -0.2) is 23.3 Å². The normalized spacial score (nSPS) is 11.8. The van der Waals surface area contributed by atoms with Gasteiger partial charge in [0.15, 0.2) is 11.5 Å². The summed E-state index contributed by atoms with van der Waals surface area (Å²) in [6.07, 6.45) is 5.14. The molecule has 4 aromatic rings. The summed E-state index contributed by atoms with van der Waals surface area (Å²) in [4.78, 5) is 13.0. The second-order valence-corrected chi connectivity index (χ2v) is 5.71. The number of aromatic nitrogens is 5. The lowest BCUT2D eigenvalue weighted by Crippen LogP contribution is -1.97. The Morgan fingerprint density at radius 2 is 1.88 bits per heavy atom. The van der Waals surface area contributed by atoms with Crippen LogP contribution in [-0.2, 0) is 0 Å². The highest BCUT2D eigenvalue weighted by Crippen LogP contribution is 2.19. The predicted octanol–water partition coefficient (Wildman–Crippen LogP) is 3.74. The molecule has 124 valence electrons. The summed E-state index contributed by atoms with van der Waals surface area (Å²) in [5, 5.41) is 4.69. The molecule has 25 heavy (non-hydrogen) atoms. The molecule has 3 aromatic heterocycles. The van der Waals surface area contributed by atoms with Crippen molar-refractivity contribution in [1.29, 1.82) is 0 Å². The number of nitrogens with zero attached hydrogens (tertiary/aromatic N) is 5. The van der Waals surface area contributed by atoms with Crippen molar-refractivity contribution in [2.24, 2.45) is 0 Å². The van der Waals surface area contributed by atoms with Crippen LogP contribution in [-0.4, -0.2) is 24.6 Å². The maximum absolute atomic E-state index is 13.7. The van der Waals surface area contributed by atoms with E-state index in [1.165, 1.54) is 6.07 Å². The molecule has 0 aliphatic rings. The highest BCUT2D eigenvalue weighted by atomic mass is 19.1. The first kappa shape index (κ1) is 15.3. The lowest BCUT2D eigenvalue weighted by atomic mass is 10.2. The van der Waals surface area contributed by atoms with E-state index in [1.54, 1.807) is 35.0 Å². The molecule has 0 aliphatic carbocycles. The van der Waals surface area contributed by atoms with E-state index in [9.17, 15) is 8.78 Å². The summed E-state index contributed by atoms with van der Waals surface area (Å²) in [5.74, 6) is -0.774. The molecular weight excluding hydrogens is 324 g/mol. The van der Waals surface area contributed by atoms with Crippen LogP contribution in [0.25, 0.3) is 28.7 Å². The van der Waals surface area contributed by atoms with E-state index >= 15 is 0 Å². The van der Waals surface area contributed by atoms with Gasteiger partial charge in [-0.05, 0) is 38.1 Å². The molecule has 0 bridgehead atoms. The third-order valence-electron chi connectivity index (χ3n) is 3.87. The summed E-state index contributed by atoms with van der Waals surface area (Å²) in [6.45, 7) is 3.76. The Morgan fingerprint density at radius 1 is 1.04 bits per heavy atom. The number of rotatable bonds is 2. The molecule has 3 heterocycles. The third kappa shape index (κ3) is 2.73. The molecule has 0 spiro atoms. The molecule has 0 unspecified atom stereocenters. The zero-order valence-corrected chi connectivity index (χ0v) is 13.5. The van der Waals surface area contributed by atoms with Gasteiger partial charge in [-0.15, -0.1) is 5.10 Å². The number of aryl methyl sites for hydroxylation is 2. The largest absolute Gasteiger partial charge is 0.256 e. The summed E-state index contributed by atoms with van der Waals surface area (Å²) >= 11 is 0. The van der Waals surface area contributed by atoms with E-state index in [2.05, 4.69) is 20.1 Å². The van der Waals surface area contributed by atoms with Crippen LogP contribution >= 0.6 is 0 Å². The molecule has 0 amide bonds. The molecule has 0 aliphatic heterocycles. The van der Waals surface area contributed by atoms with Crippen LogP contribution in [0.2, 0.25) is 0 Å². The van der Waals surface area contributed by atoms with Crippen LogP contribution in [0, 0.1) is 25.5 Å². The molecule has 0 atom stereocenters. The second-order valence-electron chi connectivity index (χ2n) is 5.71. The number of halogens is 2. The first-order chi connectivity index (χ1) is 12.0. The topological polar surface area (TPSA) is 56.0 Å². The van der Waals surface area contributed by atoms with Crippen molar-refractivity contribution < 1.29 is 8.78 Å². The Labute approximate surface area is 141 Å². The number of pyridine rings is 1. The van der Waals surface area contributed by atoms with Gasteiger partial charge in [-0.3, -0.25) is 4.98 Å². The Balaban J connectivity index is 1.73. The molecule has 0 saturated carbocycles. The minimum Gasteiger partial charge on any atom is -0.256 e. The smallest absolute Gasteiger partial charge is 0.177 e.